The Morgan fingerprint density at radius 3 is 2.58 bits per heavy atom. The van der Waals surface area contributed by atoms with E-state index in [1.165, 1.54) is 12.0 Å². The molecule has 10 heteroatoms. The molecule has 2 heterocycles. The summed E-state index contributed by atoms with van der Waals surface area (Å²) in [5.41, 5.74) is 1.22. The first-order chi connectivity index (χ1) is 18.2. The molecule has 1 aliphatic heterocycles. The van der Waals surface area contributed by atoms with Crippen molar-refractivity contribution in [2.75, 3.05) is 26.8 Å². The number of amides is 1. The maximum atomic E-state index is 13.6. The van der Waals surface area contributed by atoms with Gasteiger partial charge in [0.15, 0.2) is 0 Å². The van der Waals surface area contributed by atoms with E-state index in [-0.39, 0.29) is 31.4 Å². The summed E-state index contributed by atoms with van der Waals surface area (Å²) in [4.78, 5) is 54.5. The number of rotatable bonds is 7. The molecule has 1 saturated heterocycles. The standard InChI is InChI=1S/C28H32N4O6/c1-5-38-27(35)21-9-7-13-30(17-21)25(33)24-26(34)31(16-20-8-6-10-23(15-20)37-4)28(36)32(29-24)22-12-11-18(2)19(3)14-22/h6,8,10-12,14-15,21H,5,7,9,13,16-17H2,1-4H3/t21-/m0/s1. The van der Waals surface area contributed by atoms with Gasteiger partial charge in [-0.2, -0.15) is 9.78 Å². The molecule has 1 aromatic heterocycles. The summed E-state index contributed by atoms with van der Waals surface area (Å²) in [6, 6.07) is 12.4. The molecule has 0 radical (unpaired) electrons. The molecule has 1 amide bonds. The van der Waals surface area contributed by atoms with Crippen LogP contribution in [-0.4, -0.2) is 57.9 Å². The van der Waals surface area contributed by atoms with E-state index in [2.05, 4.69) is 5.10 Å². The number of benzene rings is 2. The Morgan fingerprint density at radius 2 is 1.87 bits per heavy atom. The number of likely N-dealkylation sites (tertiary alicyclic amines) is 1. The topological polar surface area (TPSA) is 113 Å². The van der Waals surface area contributed by atoms with Crippen LogP contribution < -0.4 is 16.0 Å². The molecule has 0 aliphatic carbocycles. The monoisotopic (exact) mass is 520 g/mol. The van der Waals surface area contributed by atoms with Crippen LogP contribution in [-0.2, 0) is 16.1 Å². The van der Waals surface area contributed by atoms with Gasteiger partial charge in [-0.25, -0.2) is 4.79 Å². The van der Waals surface area contributed by atoms with E-state index in [4.69, 9.17) is 9.47 Å². The molecule has 3 aromatic rings. The zero-order chi connectivity index (χ0) is 27.4. The predicted octanol–water partition coefficient (Wildman–Crippen LogP) is 2.48. The fraction of sp³-hybridized carbons (Fsp3) is 0.393. The number of ether oxygens (including phenoxy) is 2. The first kappa shape index (κ1) is 26.8. The molecule has 0 saturated carbocycles. The second-order valence-corrected chi connectivity index (χ2v) is 9.40. The van der Waals surface area contributed by atoms with Crippen molar-refractivity contribution in [3.05, 3.63) is 85.7 Å². The third-order valence-electron chi connectivity index (χ3n) is 6.80. The largest absolute Gasteiger partial charge is 0.497 e. The summed E-state index contributed by atoms with van der Waals surface area (Å²) < 4.78 is 12.5. The number of hydrogen-bond acceptors (Lipinski definition) is 7. The predicted molar refractivity (Wildman–Crippen MR) is 141 cm³/mol. The molecule has 1 fully saturated rings. The van der Waals surface area contributed by atoms with Crippen molar-refractivity contribution in [1.29, 1.82) is 0 Å². The highest BCUT2D eigenvalue weighted by Gasteiger charge is 2.32. The molecule has 1 atom stereocenters. The molecule has 38 heavy (non-hydrogen) atoms. The van der Waals surface area contributed by atoms with Crippen LogP contribution in [0.3, 0.4) is 0 Å². The van der Waals surface area contributed by atoms with Crippen LogP contribution in [0, 0.1) is 19.8 Å². The van der Waals surface area contributed by atoms with Crippen molar-refractivity contribution in [3.63, 3.8) is 0 Å². The van der Waals surface area contributed by atoms with Crippen LogP contribution in [0.1, 0.15) is 46.9 Å². The van der Waals surface area contributed by atoms with Gasteiger partial charge in [0.2, 0.25) is 5.69 Å². The second kappa shape index (κ2) is 11.5. The van der Waals surface area contributed by atoms with Crippen LogP contribution in [0.5, 0.6) is 5.75 Å². The van der Waals surface area contributed by atoms with Gasteiger partial charge in [-0.1, -0.05) is 18.2 Å². The van der Waals surface area contributed by atoms with Crippen LogP contribution in [0.2, 0.25) is 0 Å². The number of piperidine rings is 1. The molecule has 1 aliphatic rings. The molecule has 0 unspecified atom stereocenters. The molecule has 10 nitrogen and oxygen atoms in total. The number of aryl methyl sites for hydroxylation is 2. The maximum absolute atomic E-state index is 13.6. The lowest BCUT2D eigenvalue weighted by Gasteiger charge is -2.31. The lowest BCUT2D eigenvalue weighted by Crippen LogP contribution is -2.49. The van der Waals surface area contributed by atoms with Gasteiger partial charge in [-0.3, -0.25) is 19.0 Å². The van der Waals surface area contributed by atoms with Gasteiger partial charge in [0, 0.05) is 13.1 Å². The first-order valence-electron chi connectivity index (χ1n) is 12.6. The van der Waals surface area contributed by atoms with Crippen LogP contribution in [0.4, 0.5) is 0 Å². The maximum Gasteiger partial charge on any atom is 0.352 e. The number of carbonyl (C=O) groups excluding carboxylic acids is 2. The van der Waals surface area contributed by atoms with Crippen molar-refractivity contribution < 1.29 is 19.1 Å². The normalized spacial score (nSPS) is 15.3. The fourth-order valence-corrected chi connectivity index (χ4v) is 4.53. The molecule has 0 bridgehead atoms. The Morgan fingerprint density at radius 1 is 1.08 bits per heavy atom. The Kier molecular flexibility index (Phi) is 8.09. The van der Waals surface area contributed by atoms with Gasteiger partial charge in [-0.15, -0.1) is 0 Å². The third kappa shape index (κ3) is 5.53. The van der Waals surface area contributed by atoms with Gasteiger partial charge in [0.1, 0.15) is 5.75 Å². The van der Waals surface area contributed by atoms with Crippen molar-refractivity contribution in [3.8, 4) is 11.4 Å². The average molecular weight is 521 g/mol. The van der Waals surface area contributed by atoms with Gasteiger partial charge < -0.3 is 14.4 Å². The summed E-state index contributed by atoms with van der Waals surface area (Å²) in [5.74, 6) is -0.888. The Bertz CT molecular complexity index is 1470. The van der Waals surface area contributed by atoms with Crippen LogP contribution >= 0.6 is 0 Å². The van der Waals surface area contributed by atoms with Crippen LogP contribution in [0.25, 0.3) is 5.69 Å². The minimum absolute atomic E-state index is 0.0754. The number of nitrogens with zero attached hydrogens (tertiary/aromatic N) is 4. The van der Waals surface area contributed by atoms with Gasteiger partial charge >= 0.3 is 11.7 Å². The van der Waals surface area contributed by atoms with E-state index in [1.807, 2.05) is 19.9 Å². The molecule has 0 spiro atoms. The summed E-state index contributed by atoms with van der Waals surface area (Å²) in [5, 5.41) is 4.27. The highest BCUT2D eigenvalue weighted by atomic mass is 16.5. The number of esters is 1. The molecular weight excluding hydrogens is 488 g/mol. The van der Waals surface area contributed by atoms with Gasteiger partial charge in [0.25, 0.3) is 11.5 Å². The Hall–Kier alpha value is -4.21. The molecule has 2 aromatic carbocycles. The molecular formula is C28H32N4O6. The van der Waals surface area contributed by atoms with Gasteiger partial charge in [-0.05, 0) is 74.6 Å². The first-order valence-corrected chi connectivity index (χ1v) is 12.6. The smallest absolute Gasteiger partial charge is 0.352 e. The molecule has 200 valence electrons. The minimum atomic E-state index is -0.791. The zero-order valence-corrected chi connectivity index (χ0v) is 22.1. The Labute approximate surface area is 220 Å². The van der Waals surface area contributed by atoms with Gasteiger partial charge in [0.05, 0.1) is 31.9 Å². The summed E-state index contributed by atoms with van der Waals surface area (Å²) in [7, 11) is 1.53. The van der Waals surface area contributed by atoms with E-state index >= 15 is 0 Å². The van der Waals surface area contributed by atoms with E-state index < -0.39 is 23.1 Å². The molecule has 0 N–H and O–H groups in total. The van der Waals surface area contributed by atoms with E-state index in [9.17, 15) is 19.2 Å². The minimum Gasteiger partial charge on any atom is -0.497 e. The van der Waals surface area contributed by atoms with E-state index in [1.54, 1.807) is 43.3 Å². The second-order valence-electron chi connectivity index (χ2n) is 9.40. The molecule has 4 rings (SSSR count). The third-order valence-corrected chi connectivity index (χ3v) is 6.80. The summed E-state index contributed by atoms with van der Waals surface area (Å²) in [6.45, 7) is 6.25. The number of hydrogen-bond donors (Lipinski definition) is 0. The number of carbonyl (C=O) groups is 2. The lowest BCUT2D eigenvalue weighted by molar-refractivity contribution is -0.149. The Balaban J connectivity index is 1.81. The summed E-state index contributed by atoms with van der Waals surface area (Å²) in [6.07, 6.45) is 1.18. The SMILES string of the molecule is CCOC(=O)[C@H]1CCCN(C(=O)c2nn(-c3ccc(C)c(C)c3)c(=O)n(Cc3cccc(OC)c3)c2=O)C1. The highest BCUT2D eigenvalue weighted by molar-refractivity contribution is 5.92. The van der Waals surface area contributed by atoms with E-state index in [0.29, 0.717) is 36.4 Å². The quantitative estimate of drug-likeness (QED) is 0.440. The van der Waals surface area contributed by atoms with Crippen LogP contribution in [0.15, 0.2) is 52.1 Å². The number of aromatic nitrogens is 3. The summed E-state index contributed by atoms with van der Waals surface area (Å²) >= 11 is 0. The average Bonchev–Trinajstić information content (AvgIpc) is 2.92. The highest BCUT2D eigenvalue weighted by Crippen LogP contribution is 2.19. The van der Waals surface area contributed by atoms with Crippen molar-refractivity contribution in [2.45, 2.75) is 40.2 Å². The van der Waals surface area contributed by atoms with Crippen molar-refractivity contribution in [1.82, 2.24) is 19.2 Å². The van der Waals surface area contributed by atoms with Crippen molar-refractivity contribution in [2.24, 2.45) is 5.92 Å². The zero-order valence-electron chi connectivity index (χ0n) is 22.1. The number of methoxy groups -OCH3 is 1. The van der Waals surface area contributed by atoms with E-state index in [0.717, 1.165) is 20.4 Å². The lowest BCUT2D eigenvalue weighted by atomic mass is 9.98. The van der Waals surface area contributed by atoms with Crippen molar-refractivity contribution >= 4 is 11.9 Å². The fourth-order valence-electron chi connectivity index (χ4n) is 4.53.